The van der Waals surface area contributed by atoms with E-state index in [1.807, 2.05) is 42.5 Å². The molecule has 0 unspecified atom stereocenters. The van der Waals surface area contributed by atoms with Crippen LogP contribution in [-0.4, -0.2) is 63.2 Å². The number of ether oxygens (including phenoxy) is 2. The molecular formula is C27H32BrN3O2. The first-order valence-electron chi connectivity index (χ1n) is 11.4. The number of nitrogens with zero attached hydrogens (tertiary/aromatic N) is 3. The Kier molecular flexibility index (Phi) is 8.26. The Labute approximate surface area is 205 Å². The molecule has 33 heavy (non-hydrogen) atoms. The maximum absolute atomic E-state index is 6.02. The molecular weight excluding hydrogens is 478 g/mol. The Morgan fingerprint density at radius 1 is 0.818 bits per heavy atom. The maximum atomic E-state index is 6.02. The van der Waals surface area contributed by atoms with E-state index in [-0.39, 0.29) is 0 Å². The zero-order chi connectivity index (χ0) is 23.0. The van der Waals surface area contributed by atoms with E-state index in [4.69, 9.17) is 9.47 Å². The lowest BCUT2D eigenvalue weighted by Gasteiger charge is -2.36. The van der Waals surface area contributed by atoms with Crippen LogP contribution in [0.4, 0.5) is 5.69 Å². The Morgan fingerprint density at radius 2 is 1.58 bits per heavy atom. The van der Waals surface area contributed by atoms with E-state index in [0.717, 1.165) is 61.0 Å². The minimum absolute atomic E-state index is 0.694. The van der Waals surface area contributed by atoms with Gasteiger partial charge in [0.05, 0.1) is 0 Å². The summed E-state index contributed by atoms with van der Waals surface area (Å²) in [5, 5.41) is 0. The minimum Gasteiger partial charge on any atom is -0.492 e. The van der Waals surface area contributed by atoms with Crippen molar-refractivity contribution in [2.75, 3.05) is 58.3 Å². The lowest BCUT2D eigenvalue weighted by molar-refractivity contribution is 0.246. The summed E-state index contributed by atoms with van der Waals surface area (Å²) in [6, 6.07) is 24.6. The number of halogens is 1. The molecule has 174 valence electrons. The normalized spacial score (nSPS) is 14.5. The molecule has 0 atom stereocenters. The molecule has 0 radical (unpaired) electrons. The highest BCUT2D eigenvalue weighted by Crippen LogP contribution is 2.28. The molecule has 0 N–H and O–H groups in total. The minimum atomic E-state index is 0.694. The number of anilines is 1. The van der Waals surface area contributed by atoms with Gasteiger partial charge in [-0.05, 0) is 62.1 Å². The van der Waals surface area contributed by atoms with Crippen molar-refractivity contribution in [3.05, 3.63) is 82.8 Å². The van der Waals surface area contributed by atoms with Crippen molar-refractivity contribution in [1.82, 2.24) is 9.80 Å². The molecule has 1 aliphatic heterocycles. The molecule has 1 aliphatic rings. The van der Waals surface area contributed by atoms with Crippen molar-refractivity contribution >= 4 is 21.6 Å². The molecule has 0 aromatic heterocycles. The van der Waals surface area contributed by atoms with Gasteiger partial charge in [-0.25, -0.2) is 0 Å². The van der Waals surface area contributed by atoms with E-state index in [1.54, 1.807) is 0 Å². The molecule has 3 aromatic rings. The second-order valence-corrected chi connectivity index (χ2v) is 9.43. The number of para-hydroxylation sites is 1. The molecule has 1 saturated heterocycles. The summed E-state index contributed by atoms with van der Waals surface area (Å²) in [7, 11) is 4.12. The highest BCUT2D eigenvalue weighted by atomic mass is 79.9. The maximum Gasteiger partial charge on any atom is 0.129 e. The van der Waals surface area contributed by atoms with Crippen molar-refractivity contribution in [3.8, 4) is 17.2 Å². The first kappa shape index (κ1) is 23.6. The molecule has 3 aromatic carbocycles. The molecule has 0 bridgehead atoms. The van der Waals surface area contributed by atoms with Gasteiger partial charge in [-0.3, -0.25) is 4.90 Å². The van der Waals surface area contributed by atoms with Crippen LogP contribution >= 0.6 is 15.9 Å². The van der Waals surface area contributed by atoms with Crippen molar-refractivity contribution in [2.45, 2.75) is 6.54 Å². The van der Waals surface area contributed by atoms with Crippen LogP contribution in [0, 0.1) is 0 Å². The van der Waals surface area contributed by atoms with E-state index < -0.39 is 0 Å². The Hall–Kier alpha value is -2.54. The number of hydrogen-bond donors (Lipinski definition) is 0. The summed E-state index contributed by atoms with van der Waals surface area (Å²) >= 11 is 3.72. The second kappa shape index (κ2) is 11.5. The van der Waals surface area contributed by atoms with Gasteiger partial charge in [0.25, 0.3) is 0 Å². The van der Waals surface area contributed by atoms with E-state index >= 15 is 0 Å². The summed E-state index contributed by atoms with van der Waals surface area (Å²) in [6.07, 6.45) is 0. The Bertz CT molecular complexity index is 1020. The van der Waals surface area contributed by atoms with E-state index in [0.29, 0.717) is 6.61 Å². The molecule has 0 saturated carbocycles. The molecule has 6 heteroatoms. The largest absolute Gasteiger partial charge is 0.492 e. The van der Waals surface area contributed by atoms with Gasteiger partial charge in [0.1, 0.15) is 23.9 Å². The third-order valence-corrected chi connectivity index (χ3v) is 6.53. The molecule has 1 fully saturated rings. The summed E-state index contributed by atoms with van der Waals surface area (Å²) in [6.45, 7) is 6.53. The highest BCUT2D eigenvalue weighted by Gasteiger charge is 2.19. The van der Waals surface area contributed by atoms with Crippen molar-refractivity contribution in [2.24, 2.45) is 0 Å². The predicted molar refractivity (Wildman–Crippen MR) is 139 cm³/mol. The first-order valence-corrected chi connectivity index (χ1v) is 12.2. The summed E-state index contributed by atoms with van der Waals surface area (Å²) in [5.41, 5.74) is 2.48. The fraction of sp³-hybridized carbons (Fsp3) is 0.333. The van der Waals surface area contributed by atoms with Crippen molar-refractivity contribution < 1.29 is 9.47 Å². The van der Waals surface area contributed by atoms with Gasteiger partial charge >= 0.3 is 0 Å². The highest BCUT2D eigenvalue weighted by molar-refractivity contribution is 9.10. The second-order valence-electron chi connectivity index (χ2n) is 8.58. The van der Waals surface area contributed by atoms with Crippen LogP contribution in [0.25, 0.3) is 0 Å². The standard InChI is InChI=1S/C27H32BrN3O2/c1-29(2)17-18-32-25-11-12-27(28)22(19-25)21-30-13-15-31(16-14-30)23-7-6-10-26(20-23)33-24-8-4-3-5-9-24/h3-12,19-20H,13-18,21H2,1-2H3. The number of likely N-dealkylation sites (N-methyl/N-ethyl adjacent to an activating group) is 1. The topological polar surface area (TPSA) is 28.2 Å². The monoisotopic (exact) mass is 509 g/mol. The van der Waals surface area contributed by atoms with Gasteiger partial charge in [0.2, 0.25) is 0 Å². The Balaban J connectivity index is 1.32. The molecule has 0 spiro atoms. The van der Waals surface area contributed by atoms with Gasteiger partial charge in [0.15, 0.2) is 0 Å². The Morgan fingerprint density at radius 3 is 2.33 bits per heavy atom. The van der Waals surface area contributed by atoms with Gasteiger partial charge in [-0.2, -0.15) is 0 Å². The van der Waals surface area contributed by atoms with Crippen LogP contribution in [0.15, 0.2) is 77.3 Å². The average Bonchev–Trinajstić information content (AvgIpc) is 2.82. The predicted octanol–water partition coefficient (Wildman–Crippen LogP) is 5.50. The average molecular weight is 510 g/mol. The lowest BCUT2D eigenvalue weighted by Crippen LogP contribution is -2.46. The first-order chi connectivity index (χ1) is 16.1. The number of rotatable bonds is 9. The van der Waals surface area contributed by atoms with Crippen LogP contribution in [-0.2, 0) is 6.54 Å². The van der Waals surface area contributed by atoms with Crippen LogP contribution in [0.3, 0.4) is 0 Å². The summed E-state index contributed by atoms with van der Waals surface area (Å²) in [5.74, 6) is 2.66. The van der Waals surface area contributed by atoms with Crippen LogP contribution in [0.2, 0.25) is 0 Å². The lowest BCUT2D eigenvalue weighted by atomic mass is 10.1. The summed E-state index contributed by atoms with van der Waals surface area (Å²) in [4.78, 5) is 7.07. The molecule has 5 nitrogen and oxygen atoms in total. The fourth-order valence-electron chi connectivity index (χ4n) is 3.88. The molecule has 1 heterocycles. The quantitative estimate of drug-likeness (QED) is 0.379. The molecule has 0 amide bonds. The van der Waals surface area contributed by atoms with Gasteiger partial charge in [-0.15, -0.1) is 0 Å². The van der Waals surface area contributed by atoms with E-state index in [9.17, 15) is 0 Å². The zero-order valence-corrected chi connectivity index (χ0v) is 21.0. The SMILES string of the molecule is CN(C)CCOc1ccc(Br)c(CN2CCN(c3cccc(Oc4ccccc4)c3)CC2)c1. The van der Waals surface area contributed by atoms with Crippen molar-refractivity contribution in [1.29, 1.82) is 0 Å². The van der Waals surface area contributed by atoms with Gasteiger partial charge < -0.3 is 19.3 Å². The van der Waals surface area contributed by atoms with Gasteiger partial charge in [0, 0.05) is 55.5 Å². The zero-order valence-electron chi connectivity index (χ0n) is 19.4. The number of benzene rings is 3. The van der Waals surface area contributed by atoms with Crippen molar-refractivity contribution in [3.63, 3.8) is 0 Å². The van der Waals surface area contributed by atoms with E-state index in [1.165, 1.54) is 11.3 Å². The van der Waals surface area contributed by atoms with Gasteiger partial charge in [-0.1, -0.05) is 40.2 Å². The summed E-state index contributed by atoms with van der Waals surface area (Å²) < 4.78 is 13.1. The molecule has 4 rings (SSSR count). The van der Waals surface area contributed by atoms with E-state index in [2.05, 4.69) is 75.1 Å². The fourth-order valence-corrected chi connectivity index (χ4v) is 4.25. The smallest absolute Gasteiger partial charge is 0.129 e. The van der Waals surface area contributed by atoms with Crippen LogP contribution < -0.4 is 14.4 Å². The van der Waals surface area contributed by atoms with Crippen LogP contribution in [0.5, 0.6) is 17.2 Å². The van der Waals surface area contributed by atoms with Crippen LogP contribution in [0.1, 0.15) is 5.56 Å². The third kappa shape index (κ3) is 6.97. The number of hydrogen-bond acceptors (Lipinski definition) is 5. The number of piperazine rings is 1. The molecule has 0 aliphatic carbocycles. The third-order valence-electron chi connectivity index (χ3n) is 5.75.